The van der Waals surface area contributed by atoms with Gasteiger partial charge in [-0.2, -0.15) is 5.26 Å². The molecule has 0 saturated carbocycles. The molecule has 0 spiro atoms. The van der Waals surface area contributed by atoms with E-state index in [9.17, 15) is 20.2 Å². The second-order valence-electron chi connectivity index (χ2n) is 6.96. The first-order valence-corrected chi connectivity index (χ1v) is 10.9. The largest absolute Gasteiger partial charge is 0.481 e. The molecule has 0 aromatic heterocycles. The van der Waals surface area contributed by atoms with Crippen molar-refractivity contribution in [1.29, 1.82) is 5.26 Å². The number of carbonyl (C=O) groups is 1. The summed E-state index contributed by atoms with van der Waals surface area (Å²) in [6, 6.07) is 15.4. The van der Waals surface area contributed by atoms with Gasteiger partial charge in [-0.25, -0.2) is 0 Å². The van der Waals surface area contributed by atoms with Gasteiger partial charge >= 0.3 is 0 Å². The van der Waals surface area contributed by atoms with Gasteiger partial charge < -0.3 is 4.74 Å². The number of carbonyl (C=O) groups excluding carboxylic acids is 1. The number of ketones is 1. The molecule has 0 bridgehead atoms. The van der Waals surface area contributed by atoms with Gasteiger partial charge in [0.05, 0.1) is 31.1 Å². The van der Waals surface area contributed by atoms with E-state index in [2.05, 4.69) is 0 Å². The zero-order chi connectivity index (χ0) is 24.3. The van der Waals surface area contributed by atoms with Crippen LogP contribution in [0.1, 0.15) is 18.4 Å². The number of nitrogens with zero attached hydrogens (tertiary/aromatic N) is 2. The van der Waals surface area contributed by atoms with Crippen LogP contribution in [0, 0.1) is 21.4 Å². The average Bonchev–Trinajstić information content (AvgIpc) is 2.78. The highest BCUT2D eigenvalue weighted by atomic mass is 35.5. The number of benzene rings is 3. The van der Waals surface area contributed by atoms with Crippen molar-refractivity contribution in [1.82, 2.24) is 0 Å². The van der Waals surface area contributed by atoms with Gasteiger partial charge in [-0.15, -0.1) is 0 Å². The molecule has 2 unspecified atom stereocenters. The molecule has 6 nitrogen and oxygen atoms in total. The van der Waals surface area contributed by atoms with E-state index in [1.165, 1.54) is 37.3 Å². The zero-order valence-electron chi connectivity index (χ0n) is 16.9. The molecule has 168 valence electrons. The minimum absolute atomic E-state index is 0.141. The van der Waals surface area contributed by atoms with Crippen LogP contribution < -0.4 is 4.74 Å². The maximum Gasteiger partial charge on any atom is 0.270 e. The van der Waals surface area contributed by atoms with Gasteiger partial charge in [0, 0.05) is 17.7 Å². The summed E-state index contributed by atoms with van der Waals surface area (Å²) < 4.78 is 5.79. The van der Waals surface area contributed by atoms with Gasteiger partial charge in [0.15, 0.2) is 11.9 Å². The lowest BCUT2D eigenvalue weighted by molar-refractivity contribution is -0.384. The molecule has 0 aliphatic carbocycles. The van der Waals surface area contributed by atoms with Gasteiger partial charge in [0.25, 0.3) is 5.69 Å². The van der Waals surface area contributed by atoms with Gasteiger partial charge in [-0.3, -0.25) is 14.9 Å². The highest BCUT2D eigenvalue weighted by Crippen LogP contribution is 2.36. The first-order valence-electron chi connectivity index (χ1n) is 9.41. The highest BCUT2D eigenvalue weighted by Gasteiger charge is 2.28. The van der Waals surface area contributed by atoms with E-state index in [0.29, 0.717) is 21.7 Å². The fraction of sp³-hybridized carbons (Fsp3) is 0.130. The van der Waals surface area contributed by atoms with E-state index in [1.54, 1.807) is 24.3 Å². The number of hydrogen-bond acceptors (Lipinski definition) is 5. The molecular weight excluding hydrogens is 510 g/mol. The fourth-order valence-electron chi connectivity index (χ4n) is 3.09. The van der Waals surface area contributed by atoms with Crippen molar-refractivity contribution in [2.45, 2.75) is 18.9 Å². The quantitative estimate of drug-likeness (QED) is 0.236. The van der Waals surface area contributed by atoms with Crippen molar-refractivity contribution in [3.8, 4) is 22.9 Å². The summed E-state index contributed by atoms with van der Waals surface area (Å²) in [7, 11) is 0. The van der Waals surface area contributed by atoms with Crippen LogP contribution >= 0.6 is 46.4 Å². The number of hydrogen-bond donors (Lipinski definition) is 0. The monoisotopic (exact) mass is 522 g/mol. The van der Waals surface area contributed by atoms with Gasteiger partial charge in [-0.1, -0.05) is 58.5 Å². The number of non-ortho nitro benzene ring substituents is 1. The number of Topliss-reactive ketones (excluding diaryl/α,β-unsaturated/α-hetero) is 1. The van der Waals surface area contributed by atoms with Crippen molar-refractivity contribution in [2.24, 2.45) is 0 Å². The van der Waals surface area contributed by atoms with Crippen LogP contribution in [0.5, 0.6) is 5.75 Å². The summed E-state index contributed by atoms with van der Waals surface area (Å²) in [5.41, 5.74) is 1.35. The lowest BCUT2D eigenvalue weighted by Crippen LogP contribution is -2.29. The molecule has 0 heterocycles. The molecule has 3 aromatic carbocycles. The maximum absolute atomic E-state index is 12.9. The van der Waals surface area contributed by atoms with Crippen molar-refractivity contribution < 1.29 is 14.5 Å². The lowest BCUT2D eigenvalue weighted by atomic mass is 9.93. The summed E-state index contributed by atoms with van der Waals surface area (Å²) in [4.78, 5) is 23.3. The molecule has 0 fully saturated rings. The number of nitriles is 1. The molecular formula is C23H14Cl4N2O4. The van der Waals surface area contributed by atoms with Crippen LogP contribution in [0.2, 0.25) is 20.1 Å². The standard InChI is InChI=1S/C23H14Cl4N2O4/c1-12(23(30)17(11-28)13-2-6-18(24)21(27)8-13)33-22-9-14(3-7-19(22)25)16-5-4-15(29(31)32)10-20(16)26/h2-10,12,17H,1H3. The van der Waals surface area contributed by atoms with E-state index in [4.69, 9.17) is 51.1 Å². The van der Waals surface area contributed by atoms with E-state index in [1.807, 2.05) is 6.07 Å². The van der Waals surface area contributed by atoms with Crippen molar-refractivity contribution in [3.63, 3.8) is 0 Å². The zero-order valence-corrected chi connectivity index (χ0v) is 19.9. The Balaban J connectivity index is 1.87. The Morgan fingerprint density at radius 2 is 1.67 bits per heavy atom. The Morgan fingerprint density at radius 1 is 0.970 bits per heavy atom. The summed E-state index contributed by atoms with van der Waals surface area (Å²) >= 11 is 24.4. The predicted octanol–water partition coefficient (Wildman–Crippen LogP) is 7.52. The van der Waals surface area contributed by atoms with Crippen LogP contribution in [-0.2, 0) is 4.79 Å². The maximum atomic E-state index is 12.9. The summed E-state index contributed by atoms with van der Waals surface area (Å²) in [6.45, 7) is 1.51. The topological polar surface area (TPSA) is 93.2 Å². The number of nitro groups is 1. The average molecular weight is 524 g/mol. The fourth-order valence-corrected chi connectivity index (χ4v) is 3.84. The molecule has 10 heteroatoms. The summed E-state index contributed by atoms with van der Waals surface area (Å²) in [6.07, 6.45) is -1.02. The molecule has 33 heavy (non-hydrogen) atoms. The van der Waals surface area contributed by atoms with Crippen LogP contribution in [0.15, 0.2) is 54.6 Å². The number of ether oxygens (including phenoxy) is 1. The van der Waals surface area contributed by atoms with E-state index >= 15 is 0 Å². The lowest BCUT2D eigenvalue weighted by Gasteiger charge is -2.18. The van der Waals surface area contributed by atoms with Crippen LogP contribution in [0.3, 0.4) is 0 Å². The summed E-state index contributed by atoms with van der Waals surface area (Å²) in [5.74, 6) is -1.43. The third-order valence-electron chi connectivity index (χ3n) is 4.80. The molecule has 0 aliphatic heterocycles. The Labute approximate surface area is 209 Å². The van der Waals surface area contributed by atoms with E-state index in [-0.39, 0.29) is 26.5 Å². The number of halogens is 4. The first-order chi connectivity index (χ1) is 15.6. The first kappa shape index (κ1) is 24.8. The third-order valence-corrected chi connectivity index (χ3v) is 6.16. The minimum Gasteiger partial charge on any atom is -0.481 e. The van der Waals surface area contributed by atoms with Crippen molar-refractivity contribution in [2.75, 3.05) is 0 Å². The molecule has 3 rings (SSSR count). The van der Waals surface area contributed by atoms with E-state index < -0.39 is 22.7 Å². The SMILES string of the molecule is CC(Oc1cc(-c2ccc([N+](=O)[O-])cc2Cl)ccc1Cl)C(=O)C(C#N)c1ccc(Cl)c(Cl)c1. The second kappa shape index (κ2) is 10.4. The smallest absolute Gasteiger partial charge is 0.270 e. The van der Waals surface area contributed by atoms with Crippen LogP contribution in [0.4, 0.5) is 5.69 Å². The van der Waals surface area contributed by atoms with Crippen molar-refractivity contribution >= 4 is 57.9 Å². The Kier molecular flexibility index (Phi) is 7.83. The summed E-state index contributed by atoms with van der Waals surface area (Å²) in [5, 5.41) is 21.5. The minimum atomic E-state index is -1.12. The number of nitro benzene ring substituents is 1. The Morgan fingerprint density at radius 3 is 2.27 bits per heavy atom. The van der Waals surface area contributed by atoms with Crippen molar-refractivity contribution in [3.05, 3.63) is 90.4 Å². The molecule has 0 radical (unpaired) electrons. The van der Waals surface area contributed by atoms with E-state index in [0.717, 1.165) is 0 Å². The third kappa shape index (κ3) is 5.58. The number of rotatable bonds is 7. The Bertz CT molecular complexity index is 1290. The Hall–Kier alpha value is -2.82. The molecule has 0 N–H and O–H groups in total. The van der Waals surface area contributed by atoms with Gasteiger partial charge in [0.1, 0.15) is 11.7 Å². The van der Waals surface area contributed by atoms with Gasteiger partial charge in [0.2, 0.25) is 0 Å². The predicted molar refractivity (Wildman–Crippen MR) is 128 cm³/mol. The molecule has 0 aliphatic rings. The highest BCUT2D eigenvalue weighted by molar-refractivity contribution is 6.42. The molecule has 0 amide bonds. The molecule has 3 aromatic rings. The van der Waals surface area contributed by atoms with Gasteiger partial charge in [-0.05, 0) is 48.4 Å². The second-order valence-corrected chi connectivity index (χ2v) is 8.59. The molecule has 2 atom stereocenters. The van der Waals surface area contributed by atoms with Crippen LogP contribution in [-0.4, -0.2) is 16.8 Å². The molecule has 0 saturated heterocycles. The van der Waals surface area contributed by atoms with Crippen LogP contribution in [0.25, 0.3) is 11.1 Å². The normalized spacial score (nSPS) is 12.5.